The fourth-order valence-electron chi connectivity index (χ4n) is 2.49. The molecule has 0 spiro atoms. The summed E-state index contributed by atoms with van der Waals surface area (Å²) in [5.74, 6) is -1.04. The van der Waals surface area contributed by atoms with E-state index in [1.165, 1.54) is 19.1 Å². The molecule has 1 atom stereocenters. The predicted molar refractivity (Wildman–Crippen MR) is 103 cm³/mol. The zero-order valence-electron chi connectivity index (χ0n) is 15.7. The minimum Gasteiger partial charge on any atom is -0.449 e. The van der Waals surface area contributed by atoms with E-state index in [4.69, 9.17) is 10.5 Å². The average molecular weight is 368 g/mol. The molecule has 0 radical (unpaired) electrons. The van der Waals surface area contributed by atoms with Gasteiger partial charge in [-0.25, -0.2) is 4.79 Å². The van der Waals surface area contributed by atoms with Crippen LogP contribution in [0.4, 0.5) is 5.69 Å². The number of hydrogen-bond donors (Lipinski definition) is 2. The van der Waals surface area contributed by atoms with Gasteiger partial charge < -0.3 is 15.8 Å². The van der Waals surface area contributed by atoms with Gasteiger partial charge in [-0.15, -0.1) is 0 Å². The summed E-state index contributed by atoms with van der Waals surface area (Å²) in [6.45, 7) is 5.76. The second kappa shape index (κ2) is 8.98. The van der Waals surface area contributed by atoms with Gasteiger partial charge in [-0.05, 0) is 61.2 Å². The van der Waals surface area contributed by atoms with E-state index < -0.39 is 23.9 Å². The van der Waals surface area contributed by atoms with Crippen LogP contribution in [-0.4, -0.2) is 23.9 Å². The molecule has 0 heterocycles. The largest absolute Gasteiger partial charge is 0.449 e. The van der Waals surface area contributed by atoms with Gasteiger partial charge in [0.25, 0.3) is 5.91 Å². The van der Waals surface area contributed by atoms with Crippen LogP contribution in [0.5, 0.6) is 0 Å². The molecule has 6 heteroatoms. The quantitative estimate of drug-likeness (QED) is 0.733. The summed E-state index contributed by atoms with van der Waals surface area (Å²) in [5, 5.41) is 2.63. The summed E-state index contributed by atoms with van der Waals surface area (Å²) in [4.78, 5) is 35.5. The van der Waals surface area contributed by atoms with Crippen LogP contribution in [0.2, 0.25) is 0 Å². The predicted octanol–water partition coefficient (Wildman–Crippen LogP) is 3.17. The van der Waals surface area contributed by atoms with Crippen LogP contribution < -0.4 is 11.1 Å². The van der Waals surface area contributed by atoms with Crippen LogP contribution in [0.1, 0.15) is 47.1 Å². The fraction of sp³-hybridized carbons (Fsp3) is 0.286. The summed E-state index contributed by atoms with van der Waals surface area (Å²) in [6.07, 6.45) is -0.0356. The highest BCUT2D eigenvalue weighted by Gasteiger charge is 2.19. The van der Waals surface area contributed by atoms with Crippen molar-refractivity contribution in [1.82, 2.24) is 0 Å². The van der Waals surface area contributed by atoms with E-state index in [0.717, 1.165) is 12.0 Å². The van der Waals surface area contributed by atoms with Crippen LogP contribution in [0.15, 0.2) is 48.5 Å². The third kappa shape index (κ3) is 5.95. The Hall–Kier alpha value is -3.15. The summed E-state index contributed by atoms with van der Waals surface area (Å²) in [7, 11) is 0. The Morgan fingerprint density at radius 3 is 2.00 bits per heavy atom. The van der Waals surface area contributed by atoms with Gasteiger partial charge in [0.15, 0.2) is 6.10 Å². The Labute approximate surface area is 158 Å². The third-order valence-corrected chi connectivity index (χ3v) is 3.92. The molecule has 0 aliphatic rings. The van der Waals surface area contributed by atoms with E-state index in [9.17, 15) is 14.4 Å². The molecule has 2 aromatic rings. The molecule has 0 aliphatic heterocycles. The van der Waals surface area contributed by atoms with E-state index in [1.807, 2.05) is 12.1 Å². The number of nitrogens with two attached hydrogens (primary N) is 1. The number of hydrogen-bond acceptors (Lipinski definition) is 4. The number of amides is 2. The van der Waals surface area contributed by atoms with E-state index in [1.54, 1.807) is 24.3 Å². The summed E-state index contributed by atoms with van der Waals surface area (Å²) < 4.78 is 5.23. The van der Waals surface area contributed by atoms with E-state index in [-0.39, 0.29) is 0 Å². The van der Waals surface area contributed by atoms with Crippen molar-refractivity contribution in [2.24, 2.45) is 11.7 Å². The molecule has 0 bridgehead atoms. The summed E-state index contributed by atoms with van der Waals surface area (Å²) in [6, 6.07) is 13.3. The first-order valence-corrected chi connectivity index (χ1v) is 8.77. The number of nitrogens with one attached hydrogen (secondary N) is 1. The zero-order chi connectivity index (χ0) is 20.0. The maximum atomic E-state index is 12.2. The smallest absolute Gasteiger partial charge is 0.338 e. The lowest BCUT2D eigenvalue weighted by Crippen LogP contribution is -2.30. The fourth-order valence-corrected chi connectivity index (χ4v) is 2.49. The van der Waals surface area contributed by atoms with Gasteiger partial charge >= 0.3 is 5.97 Å². The number of carbonyl (C=O) groups excluding carboxylic acids is 3. The van der Waals surface area contributed by atoms with Crippen molar-refractivity contribution < 1.29 is 19.1 Å². The number of rotatable bonds is 7. The molecule has 2 rings (SSSR count). The Kier molecular flexibility index (Phi) is 6.71. The molecule has 3 N–H and O–H groups in total. The van der Waals surface area contributed by atoms with Crippen molar-refractivity contribution >= 4 is 23.5 Å². The van der Waals surface area contributed by atoms with Crippen molar-refractivity contribution in [1.29, 1.82) is 0 Å². The lowest BCUT2D eigenvalue weighted by Gasteiger charge is -2.14. The molecular weight excluding hydrogens is 344 g/mol. The van der Waals surface area contributed by atoms with Gasteiger partial charge in [0, 0.05) is 11.3 Å². The molecule has 6 nitrogen and oxygen atoms in total. The Morgan fingerprint density at radius 1 is 0.926 bits per heavy atom. The van der Waals surface area contributed by atoms with Gasteiger partial charge in [0.05, 0.1) is 5.56 Å². The minimum absolute atomic E-state index is 0.341. The average Bonchev–Trinajstić information content (AvgIpc) is 2.62. The van der Waals surface area contributed by atoms with E-state index in [0.29, 0.717) is 22.7 Å². The van der Waals surface area contributed by atoms with Gasteiger partial charge in [-0.2, -0.15) is 0 Å². The second-order valence-corrected chi connectivity index (χ2v) is 6.77. The van der Waals surface area contributed by atoms with E-state index >= 15 is 0 Å². The number of anilines is 1. The van der Waals surface area contributed by atoms with Gasteiger partial charge in [0.2, 0.25) is 5.91 Å². The maximum Gasteiger partial charge on any atom is 0.338 e. The number of carbonyl (C=O) groups is 3. The molecule has 0 saturated heterocycles. The van der Waals surface area contributed by atoms with Crippen molar-refractivity contribution in [2.75, 3.05) is 5.32 Å². The second-order valence-electron chi connectivity index (χ2n) is 6.77. The Morgan fingerprint density at radius 2 is 1.48 bits per heavy atom. The van der Waals surface area contributed by atoms with Crippen LogP contribution in [0.3, 0.4) is 0 Å². The van der Waals surface area contributed by atoms with Crippen LogP contribution in [0, 0.1) is 5.92 Å². The Balaban J connectivity index is 1.92. The summed E-state index contributed by atoms with van der Waals surface area (Å²) in [5.41, 5.74) is 7.53. The molecule has 2 aromatic carbocycles. The van der Waals surface area contributed by atoms with Gasteiger partial charge in [-0.1, -0.05) is 26.0 Å². The van der Waals surface area contributed by atoms with Crippen molar-refractivity contribution in [3.63, 3.8) is 0 Å². The van der Waals surface area contributed by atoms with Gasteiger partial charge in [-0.3, -0.25) is 9.59 Å². The first kappa shape index (κ1) is 20.2. The molecule has 0 fully saturated rings. The highest BCUT2D eigenvalue weighted by molar-refractivity contribution is 5.98. The molecule has 27 heavy (non-hydrogen) atoms. The maximum absolute atomic E-state index is 12.2. The number of esters is 1. The number of primary amides is 1. The molecular formula is C21H24N2O4. The first-order chi connectivity index (χ1) is 12.8. The molecule has 0 saturated carbocycles. The molecule has 0 unspecified atom stereocenters. The van der Waals surface area contributed by atoms with Crippen molar-refractivity contribution in [2.45, 2.75) is 33.3 Å². The van der Waals surface area contributed by atoms with Crippen LogP contribution in [0.25, 0.3) is 0 Å². The monoisotopic (exact) mass is 368 g/mol. The van der Waals surface area contributed by atoms with E-state index in [2.05, 4.69) is 19.2 Å². The highest BCUT2D eigenvalue weighted by Crippen LogP contribution is 2.13. The third-order valence-electron chi connectivity index (χ3n) is 3.92. The van der Waals surface area contributed by atoms with Gasteiger partial charge in [0.1, 0.15) is 0 Å². The SMILES string of the molecule is CC(C)Cc1ccc(C(=O)O[C@H](C)C(=O)Nc2ccc(C(N)=O)cc2)cc1. The molecule has 2 amide bonds. The van der Waals surface area contributed by atoms with Crippen LogP contribution >= 0.6 is 0 Å². The van der Waals surface area contributed by atoms with Crippen molar-refractivity contribution in [3.8, 4) is 0 Å². The van der Waals surface area contributed by atoms with Crippen molar-refractivity contribution in [3.05, 3.63) is 65.2 Å². The van der Waals surface area contributed by atoms with Crippen LogP contribution in [-0.2, 0) is 16.0 Å². The molecule has 142 valence electrons. The lowest BCUT2D eigenvalue weighted by molar-refractivity contribution is -0.123. The molecule has 0 aromatic heterocycles. The Bertz CT molecular complexity index is 811. The summed E-state index contributed by atoms with van der Waals surface area (Å²) >= 11 is 0. The topological polar surface area (TPSA) is 98.5 Å². The normalized spacial score (nSPS) is 11.7. The first-order valence-electron chi connectivity index (χ1n) is 8.77. The zero-order valence-corrected chi connectivity index (χ0v) is 15.7. The standard InChI is InChI=1S/C21H24N2O4/c1-13(2)12-15-4-6-17(7-5-15)21(26)27-14(3)20(25)23-18-10-8-16(9-11-18)19(22)24/h4-11,13-14H,12H2,1-3H3,(H2,22,24)(H,23,25)/t14-/m1/s1. The minimum atomic E-state index is -0.969. The highest BCUT2D eigenvalue weighted by atomic mass is 16.5. The lowest BCUT2D eigenvalue weighted by atomic mass is 10.0. The number of benzene rings is 2. The number of ether oxygens (including phenoxy) is 1. The molecule has 0 aliphatic carbocycles.